The molecule has 15 heavy (non-hydrogen) atoms. The van der Waals surface area contributed by atoms with Crippen LogP contribution in [0.15, 0.2) is 36.0 Å². The SMILES string of the molecule is C/C(=C\c1c[nH]c2ccccc12)C(=O)O. The Morgan fingerprint density at radius 1 is 1.40 bits per heavy atom. The maximum atomic E-state index is 10.7. The molecule has 3 nitrogen and oxygen atoms in total. The number of aromatic amines is 1. The summed E-state index contributed by atoms with van der Waals surface area (Å²) >= 11 is 0. The molecule has 76 valence electrons. The number of carbonyl (C=O) groups is 1. The van der Waals surface area contributed by atoms with Crippen molar-refractivity contribution in [3.63, 3.8) is 0 Å². The quantitative estimate of drug-likeness (QED) is 0.734. The number of benzene rings is 1. The van der Waals surface area contributed by atoms with Crippen LogP contribution in [-0.4, -0.2) is 16.1 Å². The van der Waals surface area contributed by atoms with E-state index in [1.165, 1.54) is 0 Å². The number of H-pyrrole nitrogens is 1. The molecule has 1 aromatic carbocycles. The fourth-order valence-electron chi connectivity index (χ4n) is 1.51. The first-order valence-corrected chi connectivity index (χ1v) is 4.66. The van der Waals surface area contributed by atoms with E-state index in [9.17, 15) is 4.79 Å². The third kappa shape index (κ3) is 1.76. The molecule has 0 aliphatic rings. The molecule has 1 aromatic heterocycles. The number of carboxylic acid groups (broad SMARTS) is 1. The van der Waals surface area contributed by atoms with Crippen molar-refractivity contribution in [3.8, 4) is 0 Å². The standard InChI is InChI=1S/C12H11NO2/c1-8(12(14)15)6-9-7-13-11-5-3-2-4-10(9)11/h2-7,13H,1H3,(H,14,15)/b8-6+. The molecule has 0 atom stereocenters. The molecule has 0 fully saturated rings. The van der Waals surface area contributed by atoms with Crippen LogP contribution in [0.5, 0.6) is 0 Å². The first-order valence-electron chi connectivity index (χ1n) is 4.66. The first kappa shape index (κ1) is 9.52. The van der Waals surface area contributed by atoms with Crippen LogP contribution < -0.4 is 0 Å². The van der Waals surface area contributed by atoms with Gasteiger partial charge in [-0.15, -0.1) is 0 Å². The zero-order valence-corrected chi connectivity index (χ0v) is 8.32. The summed E-state index contributed by atoms with van der Waals surface area (Å²) in [4.78, 5) is 13.8. The number of para-hydroxylation sites is 1. The van der Waals surface area contributed by atoms with Crippen molar-refractivity contribution in [2.75, 3.05) is 0 Å². The largest absolute Gasteiger partial charge is 0.478 e. The van der Waals surface area contributed by atoms with E-state index in [2.05, 4.69) is 4.98 Å². The van der Waals surface area contributed by atoms with Gasteiger partial charge in [0, 0.05) is 28.2 Å². The Kier molecular flexibility index (Phi) is 2.29. The van der Waals surface area contributed by atoms with Crippen molar-refractivity contribution < 1.29 is 9.90 Å². The molecule has 2 rings (SSSR count). The lowest BCUT2D eigenvalue weighted by Crippen LogP contribution is -1.94. The van der Waals surface area contributed by atoms with Gasteiger partial charge in [0.2, 0.25) is 0 Å². The van der Waals surface area contributed by atoms with Gasteiger partial charge in [0.15, 0.2) is 0 Å². The maximum absolute atomic E-state index is 10.7. The summed E-state index contributed by atoms with van der Waals surface area (Å²) in [5, 5.41) is 9.81. The van der Waals surface area contributed by atoms with Crippen LogP contribution in [0.3, 0.4) is 0 Å². The predicted octanol–water partition coefficient (Wildman–Crippen LogP) is 2.66. The smallest absolute Gasteiger partial charge is 0.331 e. The Balaban J connectivity index is 2.54. The number of aromatic nitrogens is 1. The van der Waals surface area contributed by atoms with Gasteiger partial charge in [-0.25, -0.2) is 4.79 Å². The van der Waals surface area contributed by atoms with E-state index in [1.54, 1.807) is 13.0 Å². The molecule has 2 N–H and O–H groups in total. The number of hydrogen-bond donors (Lipinski definition) is 2. The Bertz CT molecular complexity index is 537. The molecule has 2 aromatic rings. The fraction of sp³-hybridized carbons (Fsp3) is 0.0833. The van der Waals surface area contributed by atoms with Crippen molar-refractivity contribution in [2.45, 2.75) is 6.92 Å². The van der Waals surface area contributed by atoms with Gasteiger partial charge in [0.05, 0.1) is 0 Å². The second-order valence-corrected chi connectivity index (χ2v) is 3.42. The van der Waals surface area contributed by atoms with Crippen LogP contribution in [0, 0.1) is 0 Å². The fourth-order valence-corrected chi connectivity index (χ4v) is 1.51. The van der Waals surface area contributed by atoms with E-state index in [0.29, 0.717) is 5.57 Å². The molecular formula is C12H11NO2. The number of carboxylic acids is 1. The van der Waals surface area contributed by atoms with Gasteiger partial charge in [-0.3, -0.25) is 0 Å². The van der Waals surface area contributed by atoms with Crippen molar-refractivity contribution in [1.82, 2.24) is 4.98 Å². The van der Waals surface area contributed by atoms with Crippen LogP contribution in [0.4, 0.5) is 0 Å². The third-order valence-corrected chi connectivity index (χ3v) is 2.33. The molecule has 0 aliphatic carbocycles. The summed E-state index contributed by atoms with van der Waals surface area (Å²) < 4.78 is 0. The number of aliphatic carboxylic acids is 1. The highest BCUT2D eigenvalue weighted by Gasteiger charge is 2.03. The minimum Gasteiger partial charge on any atom is -0.478 e. The average molecular weight is 201 g/mol. The second kappa shape index (κ2) is 3.61. The van der Waals surface area contributed by atoms with E-state index < -0.39 is 5.97 Å². The van der Waals surface area contributed by atoms with E-state index in [1.807, 2.05) is 30.5 Å². The molecule has 0 saturated carbocycles. The van der Waals surface area contributed by atoms with E-state index >= 15 is 0 Å². The van der Waals surface area contributed by atoms with Crippen molar-refractivity contribution in [1.29, 1.82) is 0 Å². The highest BCUT2D eigenvalue weighted by molar-refractivity contribution is 5.96. The first-order chi connectivity index (χ1) is 7.18. The molecule has 0 saturated heterocycles. The maximum Gasteiger partial charge on any atom is 0.331 e. The van der Waals surface area contributed by atoms with Gasteiger partial charge >= 0.3 is 5.97 Å². The Morgan fingerprint density at radius 3 is 2.87 bits per heavy atom. The summed E-state index contributed by atoms with van der Waals surface area (Å²) in [5.74, 6) is -0.889. The monoisotopic (exact) mass is 201 g/mol. The Morgan fingerprint density at radius 2 is 2.13 bits per heavy atom. The molecule has 3 heteroatoms. The topological polar surface area (TPSA) is 53.1 Å². The Hall–Kier alpha value is -2.03. The molecule has 0 spiro atoms. The van der Waals surface area contributed by atoms with E-state index in [-0.39, 0.29) is 0 Å². The lowest BCUT2D eigenvalue weighted by Gasteiger charge is -1.93. The lowest BCUT2D eigenvalue weighted by atomic mass is 10.1. The molecule has 0 aliphatic heterocycles. The highest BCUT2D eigenvalue weighted by Crippen LogP contribution is 2.20. The second-order valence-electron chi connectivity index (χ2n) is 3.42. The van der Waals surface area contributed by atoms with Crippen LogP contribution >= 0.6 is 0 Å². The van der Waals surface area contributed by atoms with Crippen molar-refractivity contribution in [3.05, 3.63) is 41.6 Å². The average Bonchev–Trinajstić information content (AvgIpc) is 2.62. The zero-order valence-electron chi connectivity index (χ0n) is 8.32. The van der Waals surface area contributed by atoms with Gasteiger partial charge in [-0.1, -0.05) is 18.2 Å². The van der Waals surface area contributed by atoms with Gasteiger partial charge in [0.25, 0.3) is 0 Å². The van der Waals surface area contributed by atoms with Gasteiger partial charge < -0.3 is 10.1 Å². The van der Waals surface area contributed by atoms with Crippen LogP contribution in [0.1, 0.15) is 12.5 Å². The molecule has 0 radical (unpaired) electrons. The number of hydrogen-bond acceptors (Lipinski definition) is 1. The zero-order chi connectivity index (χ0) is 10.8. The third-order valence-electron chi connectivity index (χ3n) is 2.33. The summed E-state index contributed by atoms with van der Waals surface area (Å²) in [6, 6.07) is 7.80. The summed E-state index contributed by atoms with van der Waals surface area (Å²) in [6.45, 7) is 1.59. The van der Waals surface area contributed by atoms with Gasteiger partial charge in [-0.05, 0) is 19.1 Å². The molecule has 1 heterocycles. The van der Waals surface area contributed by atoms with Gasteiger partial charge in [-0.2, -0.15) is 0 Å². The van der Waals surface area contributed by atoms with E-state index in [0.717, 1.165) is 16.5 Å². The normalized spacial score (nSPS) is 11.9. The summed E-state index contributed by atoms with van der Waals surface area (Å²) in [6.07, 6.45) is 3.48. The minimum atomic E-state index is -0.889. The minimum absolute atomic E-state index is 0.333. The van der Waals surface area contributed by atoms with Crippen molar-refractivity contribution >= 4 is 22.9 Å². The number of fused-ring (bicyclic) bond motifs is 1. The molecule has 0 unspecified atom stereocenters. The van der Waals surface area contributed by atoms with Gasteiger partial charge in [0.1, 0.15) is 0 Å². The molecular weight excluding hydrogens is 190 g/mol. The lowest BCUT2D eigenvalue weighted by molar-refractivity contribution is -0.132. The van der Waals surface area contributed by atoms with Crippen LogP contribution in [0.2, 0.25) is 0 Å². The van der Waals surface area contributed by atoms with Crippen molar-refractivity contribution in [2.24, 2.45) is 0 Å². The number of rotatable bonds is 2. The summed E-state index contributed by atoms with van der Waals surface area (Å²) in [5.41, 5.74) is 2.26. The number of nitrogens with one attached hydrogen (secondary N) is 1. The highest BCUT2D eigenvalue weighted by atomic mass is 16.4. The molecule has 0 bridgehead atoms. The molecule has 0 amide bonds. The Labute approximate surface area is 87.0 Å². The van der Waals surface area contributed by atoms with Crippen LogP contribution in [0.25, 0.3) is 17.0 Å². The predicted molar refractivity (Wildman–Crippen MR) is 59.6 cm³/mol. The van der Waals surface area contributed by atoms with Crippen LogP contribution in [-0.2, 0) is 4.79 Å². The summed E-state index contributed by atoms with van der Waals surface area (Å²) in [7, 11) is 0. The van der Waals surface area contributed by atoms with E-state index in [4.69, 9.17) is 5.11 Å².